The molecule has 0 atom stereocenters. The van der Waals surface area contributed by atoms with Crippen molar-refractivity contribution in [3.63, 3.8) is 0 Å². The third kappa shape index (κ3) is 4.41. The van der Waals surface area contributed by atoms with Gasteiger partial charge in [0.05, 0.1) is 12.6 Å². The summed E-state index contributed by atoms with van der Waals surface area (Å²) in [4.78, 5) is 34.4. The number of hydrogen-bond donors (Lipinski definition) is 1. The van der Waals surface area contributed by atoms with Gasteiger partial charge in [-0.15, -0.1) is 0 Å². The monoisotopic (exact) mass is 338 g/mol. The first kappa shape index (κ1) is 17.1. The molecule has 0 spiro atoms. The summed E-state index contributed by atoms with van der Waals surface area (Å²) in [5.74, 6) is -0.0641. The fraction of sp³-hybridized carbons (Fsp3) is 0.368. The van der Waals surface area contributed by atoms with Crippen molar-refractivity contribution < 1.29 is 9.59 Å². The van der Waals surface area contributed by atoms with E-state index in [0.29, 0.717) is 25.2 Å². The molecule has 6 heteroatoms. The number of aromatic nitrogens is 2. The van der Waals surface area contributed by atoms with Crippen LogP contribution in [0.1, 0.15) is 34.5 Å². The number of aryl methyl sites for hydroxylation is 1. The molecule has 2 heterocycles. The molecule has 3 rings (SSSR count). The van der Waals surface area contributed by atoms with Crippen LogP contribution in [0.25, 0.3) is 0 Å². The van der Waals surface area contributed by atoms with Crippen LogP contribution in [-0.4, -0.2) is 45.8 Å². The summed E-state index contributed by atoms with van der Waals surface area (Å²) in [5, 5.41) is 2.97. The summed E-state index contributed by atoms with van der Waals surface area (Å²) in [6.45, 7) is 3.35. The Kier molecular flexibility index (Phi) is 5.38. The molecule has 6 nitrogen and oxygen atoms in total. The van der Waals surface area contributed by atoms with E-state index in [0.717, 1.165) is 24.0 Å². The molecule has 1 aromatic carbocycles. The van der Waals surface area contributed by atoms with Crippen LogP contribution >= 0.6 is 0 Å². The second-order valence-corrected chi connectivity index (χ2v) is 6.32. The van der Waals surface area contributed by atoms with E-state index in [1.807, 2.05) is 36.1 Å². The molecular weight excluding hydrogens is 316 g/mol. The molecule has 1 aliphatic rings. The van der Waals surface area contributed by atoms with E-state index in [2.05, 4.69) is 15.3 Å². The van der Waals surface area contributed by atoms with E-state index < -0.39 is 0 Å². The first-order valence-electron chi connectivity index (χ1n) is 8.52. The molecule has 0 unspecified atom stereocenters. The van der Waals surface area contributed by atoms with Gasteiger partial charge in [0.25, 0.3) is 5.91 Å². The molecule has 0 bridgehead atoms. The number of hydrogen-bond acceptors (Lipinski definition) is 4. The zero-order chi connectivity index (χ0) is 17.6. The molecule has 1 N–H and O–H groups in total. The predicted molar refractivity (Wildman–Crippen MR) is 94.0 cm³/mol. The number of amides is 2. The smallest absolute Gasteiger partial charge is 0.271 e. The summed E-state index contributed by atoms with van der Waals surface area (Å²) in [6.07, 6.45) is 6.44. The Morgan fingerprint density at radius 2 is 1.96 bits per heavy atom. The van der Waals surface area contributed by atoms with Gasteiger partial charge in [0.2, 0.25) is 5.91 Å². The predicted octanol–water partition coefficient (Wildman–Crippen LogP) is 1.75. The number of piperidine rings is 1. The van der Waals surface area contributed by atoms with Crippen LogP contribution in [-0.2, 0) is 11.2 Å². The van der Waals surface area contributed by atoms with Crippen molar-refractivity contribution in [1.29, 1.82) is 0 Å². The number of carbonyl (C=O) groups excluding carboxylic acids is 2. The highest BCUT2D eigenvalue weighted by molar-refractivity contribution is 5.92. The lowest BCUT2D eigenvalue weighted by molar-refractivity contribution is -0.131. The fourth-order valence-electron chi connectivity index (χ4n) is 3.03. The second-order valence-electron chi connectivity index (χ2n) is 6.32. The zero-order valence-electron chi connectivity index (χ0n) is 14.3. The summed E-state index contributed by atoms with van der Waals surface area (Å²) in [6, 6.07) is 8.04. The van der Waals surface area contributed by atoms with Gasteiger partial charge in [0.15, 0.2) is 0 Å². The molecular formula is C19H22N4O2. The molecule has 1 aliphatic heterocycles. The molecule has 130 valence electrons. The van der Waals surface area contributed by atoms with E-state index in [1.54, 1.807) is 0 Å². The minimum atomic E-state index is -0.210. The number of carbonyl (C=O) groups is 2. The van der Waals surface area contributed by atoms with Crippen LogP contribution < -0.4 is 5.32 Å². The molecule has 0 aliphatic carbocycles. The van der Waals surface area contributed by atoms with E-state index >= 15 is 0 Å². The molecule has 2 amide bonds. The topological polar surface area (TPSA) is 75.2 Å². The van der Waals surface area contributed by atoms with Crippen LogP contribution in [0.4, 0.5) is 0 Å². The van der Waals surface area contributed by atoms with Crippen molar-refractivity contribution in [2.75, 3.05) is 13.1 Å². The molecule has 25 heavy (non-hydrogen) atoms. The Bertz CT molecular complexity index is 740. The Morgan fingerprint density at radius 1 is 1.20 bits per heavy atom. The maximum atomic E-state index is 12.5. The first-order chi connectivity index (χ1) is 12.1. The normalized spacial score (nSPS) is 15.0. The van der Waals surface area contributed by atoms with Crippen LogP contribution in [0.2, 0.25) is 0 Å². The maximum Gasteiger partial charge on any atom is 0.271 e. The van der Waals surface area contributed by atoms with Gasteiger partial charge in [-0.05, 0) is 30.9 Å². The van der Waals surface area contributed by atoms with E-state index in [1.165, 1.54) is 18.6 Å². The largest absolute Gasteiger partial charge is 0.348 e. The average molecular weight is 338 g/mol. The standard InChI is InChI=1S/C19H22N4O2/c1-14-4-2-3-5-15(14)12-18(24)23-10-6-16(7-11-23)22-19(25)17-13-20-8-9-21-17/h2-5,8-9,13,16H,6-7,10-12H2,1H3,(H,22,25). The lowest BCUT2D eigenvalue weighted by Gasteiger charge is -2.32. The number of likely N-dealkylation sites (tertiary alicyclic amines) is 1. The molecule has 1 fully saturated rings. The first-order valence-corrected chi connectivity index (χ1v) is 8.52. The van der Waals surface area contributed by atoms with E-state index in [4.69, 9.17) is 0 Å². The molecule has 0 saturated carbocycles. The highest BCUT2D eigenvalue weighted by atomic mass is 16.2. The quantitative estimate of drug-likeness (QED) is 0.921. The second kappa shape index (κ2) is 7.88. The number of nitrogens with zero attached hydrogens (tertiary/aromatic N) is 3. The van der Waals surface area contributed by atoms with Gasteiger partial charge in [-0.2, -0.15) is 0 Å². The van der Waals surface area contributed by atoms with Gasteiger partial charge >= 0.3 is 0 Å². The van der Waals surface area contributed by atoms with Crippen LogP contribution in [0, 0.1) is 6.92 Å². The van der Waals surface area contributed by atoms with Gasteiger partial charge < -0.3 is 10.2 Å². The van der Waals surface area contributed by atoms with Crippen molar-refractivity contribution in [3.8, 4) is 0 Å². The Hall–Kier alpha value is -2.76. The lowest BCUT2D eigenvalue weighted by atomic mass is 10.0. The summed E-state index contributed by atoms with van der Waals surface area (Å²) in [5.41, 5.74) is 2.54. The summed E-state index contributed by atoms with van der Waals surface area (Å²) >= 11 is 0. The van der Waals surface area contributed by atoms with Crippen molar-refractivity contribution in [3.05, 3.63) is 59.7 Å². The van der Waals surface area contributed by atoms with E-state index in [9.17, 15) is 9.59 Å². The number of rotatable bonds is 4. The summed E-state index contributed by atoms with van der Waals surface area (Å²) < 4.78 is 0. The van der Waals surface area contributed by atoms with Crippen molar-refractivity contribution in [1.82, 2.24) is 20.2 Å². The molecule has 1 aromatic heterocycles. The minimum Gasteiger partial charge on any atom is -0.348 e. The zero-order valence-corrected chi connectivity index (χ0v) is 14.3. The Balaban J connectivity index is 1.49. The SMILES string of the molecule is Cc1ccccc1CC(=O)N1CCC(NC(=O)c2cnccn2)CC1. The lowest BCUT2D eigenvalue weighted by Crippen LogP contribution is -2.47. The highest BCUT2D eigenvalue weighted by Crippen LogP contribution is 2.14. The van der Waals surface area contributed by atoms with Crippen molar-refractivity contribution >= 4 is 11.8 Å². The Morgan fingerprint density at radius 3 is 2.64 bits per heavy atom. The molecule has 0 radical (unpaired) electrons. The van der Waals surface area contributed by atoms with Gasteiger partial charge in [-0.1, -0.05) is 24.3 Å². The van der Waals surface area contributed by atoms with Gasteiger partial charge in [-0.3, -0.25) is 14.6 Å². The number of nitrogens with one attached hydrogen (secondary N) is 1. The minimum absolute atomic E-state index is 0.0667. The molecule has 1 saturated heterocycles. The average Bonchev–Trinajstić information content (AvgIpc) is 2.65. The van der Waals surface area contributed by atoms with Crippen LogP contribution in [0.3, 0.4) is 0 Å². The van der Waals surface area contributed by atoms with Gasteiger partial charge in [-0.25, -0.2) is 4.98 Å². The van der Waals surface area contributed by atoms with Gasteiger partial charge in [0, 0.05) is 31.5 Å². The Labute approximate surface area is 147 Å². The van der Waals surface area contributed by atoms with E-state index in [-0.39, 0.29) is 17.9 Å². The van der Waals surface area contributed by atoms with Crippen LogP contribution in [0.15, 0.2) is 42.9 Å². The number of benzene rings is 1. The van der Waals surface area contributed by atoms with Crippen molar-refractivity contribution in [2.24, 2.45) is 0 Å². The van der Waals surface area contributed by atoms with Crippen molar-refractivity contribution in [2.45, 2.75) is 32.2 Å². The maximum absolute atomic E-state index is 12.5. The third-order valence-corrected chi connectivity index (χ3v) is 4.58. The highest BCUT2D eigenvalue weighted by Gasteiger charge is 2.24. The third-order valence-electron chi connectivity index (χ3n) is 4.58. The van der Waals surface area contributed by atoms with Gasteiger partial charge in [0.1, 0.15) is 5.69 Å². The summed E-state index contributed by atoms with van der Waals surface area (Å²) in [7, 11) is 0. The fourth-order valence-corrected chi connectivity index (χ4v) is 3.03. The molecule has 2 aromatic rings. The van der Waals surface area contributed by atoms with Crippen LogP contribution in [0.5, 0.6) is 0 Å².